The largest absolute Gasteiger partial charge is 0.368 e. The Morgan fingerprint density at radius 2 is 1.94 bits per heavy atom. The molecule has 1 aliphatic rings. The molecule has 1 aliphatic carbocycles. The van der Waals surface area contributed by atoms with Gasteiger partial charge in [-0.25, -0.2) is 0 Å². The molecule has 3 N–H and O–H groups in total. The first kappa shape index (κ1) is 14.0. The van der Waals surface area contributed by atoms with E-state index in [0.29, 0.717) is 12.3 Å². The van der Waals surface area contributed by atoms with Crippen LogP contribution in [-0.4, -0.2) is 17.9 Å². The van der Waals surface area contributed by atoms with Crippen molar-refractivity contribution in [2.24, 2.45) is 17.6 Å². The quantitative estimate of drug-likeness (QED) is 0.740. The van der Waals surface area contributed by atoms with Gasteiger partial charge in [0.25, 0.3) is 0 Å². The van der Waals surface area contributed by atoms with Crippen LogP contribution in [0.2, 0.25) is 0 Å². The minimum atomic E-state index is -0.520. The maximum atomic E-state index is 11.8. The van der Waals surface area contributed by atoms with Crippen LogP contribution < -0.4 is 11.1 Å². The Labute approximate surface area is 103 Å². The van der Waals surface area contributed by atoms with Gasteiger partial charge < -0.3 is 11.1 Å². The molecule has 0 bridgehead atoms. The number of primary amides is 1. The molecule has 98 valence electrons. The average molecular weight is 240 g/mol. The van der Waals surface area contributed by atoms with Crippen LogP contribution in [0.3, 0.4) is 0 Å². The predicted molar refractivity (Wildman–Crippen MR) is 67.2 cm³/mol. The molecule has 0 aromatic carbocycles. The zero-order chi connectivity index (χ0) is 12.8. The summed E-state index contributed by atoms with van der Waals surface area (Å²) in [7, 11) is 0. The highest BCUT2D eigenvalue weighted by Crippen LogP contribution is 2.27. The highest BCUT2D eigenvalue weighted by molar-refractivity contribution is 5.86. The van der Waals surface area contributed by atoms with E-state index in [1.807, 2.05) is 13.8 Å². The van der Waals surface area contributed by atoms with Crippen molar-refractivity contribution >= 4 is 11.8 Å². The van der Waals surface area contributed by atoms with Gasteiger partial charge in [0, 0.05) is 6.42 Å². The first-order valence-electron chi connectivity index (χ1n) is 6.63. The molecule has 2 amide bonds. The summed E-state index contributed by atoms with van der Waals surface area (Å²) < 4.78 is 0. The lowest BCUT2D eigenvalue weighted by atomic mass is 9.97. The lowest BCUT2D eigenvalue weighted by Gasteiger charge is -2.21. The molecule has 1 saturated carbocycles. The highest BCUT2D eigenvalue weighted by Gasteiger charge is 2.25. The zero-order valence-electron chi connectivity index (χ0n) is 10.9. The van der Waals surface area contributed by atoms with Gasteiger partial charge in [0.15, 0.2) is 0 Å². The van der Waals surface area contributed by atoms with E-state index < -0.39 is 11.9 Å². The van der Waals surface area contributed by atoms with Crippen molar-refractivity contribution < 1.29 is 9.59 Å². The van der Waals surface area contributed by atoms with Crippen molar-refractivity contribution in [3.63, 3.8) is 0 Å². The average Bonchev–Trinajstić information content (AvgIpc) is 2.77. The Morgan fingerprint density at radius 1 is 1.35 bits per heavy atom. The van der Waals surface area contributed by atoms with Gasteiger partial charge in [-0.15, -0.1) is 0 Å². The summed E-state index contributed by atoms with van der Waals surface area (Å²) in [6.45, 7) is 3.93. The van der Waals surface area contributed by atoms with Gasteiger partial charge >= 0.3 is 0 Å². The van der Waals surface area contributed by atoms with Gasteiger partial charge in [0.1, 0.15) is 6.04 Å². The Kier molecular flexibility index (Phi) is 5.45. The van der Waals surface area contributed by atoms with Crippen molar-refractivity contribution in [2.75, 3.05) is 0 Å². The number of nitrogens with two attached hydrogens (primary N) is 1. The molecule has 0 heterocycles. The van der Waals surface area contributed by atoms with Crippen LogP contribution in [-0.2, 0) is 9.59 Å². The number of nitrogens with one attached hydrogen (secondary N) is 1. The normalized spacial score (nSPS) is 19.9. The molecule has 0 radical (unpaired) electrons. The first-order chi connectivity index (χ1) is 8.04. The van der Waals surface area contributed by atoms with Gasteiger partial charge in [-0.3, -0.25) is 9.59 Å². The molecular formula is C13H24N2O2. The van der Waals surface area contributed by atoms with E-state index in [-0.39, 0.29) is 11.8 Å². The van der Waals surface area contributed by atoms with E-state index in [1.165, 1.54) is 12.8 Å². The van der Waals surface area contributed by atoms with E-state index in [4.69, 9.17) is 5.73 Å². The van der Waals surface area contributed by atoms with Gasteiger partial charge in [0.2, 0.25) is 11.8 Å². The SMILES string of the molecule is CC[C@H](C)[C@@H](NC(=O)CC1CCCC1)C(N)=O. The van der Waals surface area contributed by atoms with Crippen LogP contribution in [0.1, 0.15) is 52.4 Å². The number of carbonyl (C=O) groups excluding carboxylic acids is 2. The Bertz CT molecular complexity index is 273. The Hall–Kier alpha value is -1.06. The van der Waals surface area contributed by atoms with Crippen LogP contribution in [0.4, 0.5) is 0 Å². The summed E-state index contributed by atoms with van der Waals surface area (Å²) in [5.41, 5.74) is 5.32. The second-order valence-corrected chi connectivity index (χ2v) is 5.19. The lowest BCUT2D eigenvalue weighted by Crippen LogP contribution is -2.48. The summed E-state index contributed by atoms with van der Waals surface area (Å²) in [4.78, 5) is 23.1. The maximum Gasteiger partial charge on any atom is 0.240 e. The van der Waals surface area contributed by atoms with Crippen molar-refractivity contribution in [3.8, 4) is 0 Å². The monoisotopic (exact) mass is 240 g/mol. The van der Waals surface area contributed by atoms with Crippen LogP contribution in [0.5, 0.6) is 0 Å². The first-order valence-corrected chi connectivity index (χ1v) is 6.63. The molecule has 0 aromatic heterocycles. The molecule has 0 saturated heterocycles. The molecule has 0 unspecified atom stereocenters. The summed E-state index contributed by atoms with van der Waals surface area (Å²) >= 11 is 0. The number of rotatable bonds is 6. The zero-order valence-corrected chi connectivity index (χ0v) is 10.9. The second-order valence-electron chi connectivity index (χ2n) is 5.19. The smallest absolute Gasteiger partial charge is 0.240 e. The summed E-state index contributed by atoms with van der Waals surface area (Å²) in [5.74, 6) is 0.139. The highest BCUT2D eigenvalue weighted by atomic mass is 16.2. The standard InChI is InChI=1S/C13H24N2O2/c1-3-9(2)12(13(14)17)15-11(16)8-10-6-4-5-7-10/h9-10,12H,3-8H2,1-2H3,(H2,14,17)(H,15,16)/t9-,12+/m0/s1. The lowest BCUT2D eigenvalue weighted by molar-refractivity contribution is -0.129. The third-order valence-electron chi connectivity index (χ3n) is 3.78. The van der Waals surface area contributed by atoms with Crippen LogP contribution in [0, 0.1) is 11.8 Å². The van der Waals surface area contributed by atoms with Crippen LogP contribution in [0.25, 0.3) is 0 Å². The molecule has 4 heteroatoms. The summed E-state index contributed by atoms with van der Waals surface area (Å²) in [6.07, 6.45) is 6.10. The van der Waals surface area contributed by atoms with Crippen LogP contribution >= 0.6 is 0 Å². The number of amides is 2. The molecule has 0 spiro atoms. The molecule has 2 atom stereocenters. The maximum absolute atomic E-state index is 11.8. The Morgan fingerprint density at radius 3 is 2.41 bits per heavy atom. The molecule has 1 rings (SSSR count). The molecule has 17 heavy (non-hydrogen) atoms. The molecule has 0 aliphatic heterocycles. The third kappa shape index (κ3) is 4.36. The van der Waals surface area contributed by atoms with E-state index in [0.717, 1.165) is 19.3 Å². The molecule has 0 aromatic rings. The summed E-state index contributed by atoms with van der Waals surface area (Å²) in [6, 6.07) is -0.520. The van der Waals surface area contributed by atoms with Gasteiger partial charge in [0.05, 0.1) is 0 Å². The van der Waals surface area contributed by atoms with E-state index in [1.54, 1.807) is 0 Å². The summed E-state index contributed by atoms with van der Waals surface area (Å²) in [5, 5.41) is 2.78. The molecule has 4 nitrogen and oxygen atoms in total. The van der Waals surface area contributed by atoms with Crippen molar-refractivity contribution in [3.05, 3.63) is 0 Å². The Balaban J connectivity index is 2.43. The number of carbonyl (C=O) groups is 2. The second kappa shape index (κ2) is 6.62. The van der Waals surface area contributed by atoms with Crippen LogP contribution in [0.15, 0.2) is 0 Å². The van der Waals surface area contributed by atoms with E-state index >= 15 is 0 Å². The molecular weight excluding hydrogens is 216 g/mol. The minimum absolute atomic E-state index is 0.0269. The van der Waals surface area contributed by atoms with Gasteiger partial charge in [-0.1, -0.05) is 33.1 Å². The fourth-order valence-corrected chi connectivity index (χ4v) is 2.44. The molecule has 1 fully saturated rings. The van der Waals surface area contributed by atoms with Crippen molar-refractivity contribution in [1.29, 1.82) is 0 Å². The minimum Gasteiger partial charge on any atom is -0.368 e. The fraction of sp³-hybridized carbons (Fsp3) is 0.846. The van der Waals surface area contributed by atoms with E-state index in [2.05, 4.69) is 5.32 Å². The van der Waals surface area contributed by atoms with Crippen molar-refractivity contribution in [1.82, 2.24) is 5.32 Å². The number of hydrogen-bond acceptors (Lipinski definition) is 2. The number of hydrogen-bond donors (Lipinski definition) is 2. The van der Waals surface area contributed by atoms with Gasteiger partial charge in [-0.2, -0.15) is 0 Å². The third-order valence-corrected chi connectivity index (χ3v) is 3.78. The van der Waals surface area contributed by atoms with E-state index in [9.17, 15) is 9.59 Å². The predicted octanol–water partition coefficient (Wildman–Crippen LogP) is 1.58. The fourth-order valence-electron chi connectivity index (χ4n) is 2.44. The topological polar surface area (TPSA) is 72.2 Å². The van der Waals surface area contributed by atoms with Gasteiger partial charge in [-0.05, 0) is 24.7 Å². The van der Waals surface area contributed by atoms with Crippen molar-refractivity contribution in [2.45, 2.75) is 58.4 Å².